The summed E-state index contributed by atoms with van der Waals surface area (Å²) in [5.74, 6) is -0.284. The van der Waals surface area contributed by atoms with Crippen molar-refractivity contribution in [3.8, 4) is 5.75 Å². The average Bonchev–Trinajstić information content (AvgIpc) is 2.72. The molecule has 0 fully saturated rings. The second kappa shape index (κ2) is 8.63. The number of ether oxygens (including phenoxy) is 2. The van der Waals surface area contributed by atoms with Gasteiger partial charge in [-0.05, 0) is 54.4 Å². The number of esters is 1. The van der Waals surface area contributed by atoms with Gasteiger partial charge in [-0.1, -0.05) is 42.0 Å². The van der Waals surface area contributed by atoms with Crippen LogP contribution in [-0.2, 0) is 19.6 Å². The number of hydrogen-bond donors (Lipinski definition) is 1. The number of nitrogens with one attached hydrogen (secondary N) is 1. The normalized spacial score (nSPS) is 12.5. The van der Waals surface area contributed by atoms with Gasteiger partial charge < -0.3 is 9.47 Å². The predicted molar refractivity (Wildman–Crippen MR) is 111 cm³/mol. The molecule has 0 heterocycles. The van der Waals surface area contributed by atoms with Crippen molar-refractivity contribution < 1.29 is 22.7 Å². The van der Waals surface area contributed by atoms with Gasteiger partial charge in [0.15, 0.2) is 6.73 Å². The molecule has 3 aromatic rings. The predicted octanol–water partition coefficient (Wildman–Crippen LogP) is 3.74. The Kier molecular flexibility index (Phi) is 6.20. The maximum absolute atomic E-state index is 12.4. The summed E-state index contributed by atoms with van der Waals surface area (Å²) < 4.78 is 37.1. The summed E-state index contributed by atoms with van der Waals surface area (Å²) in [6, 6.07) is 17.8. The number of sulfonamides is 1. The maximum atomic E-state index is 12.4. The molecule has 3 rings (SSSR count). The van der Waals surface area contributed by atoms with Crippen LogP contribution in [0.2, 0.25) is 0 Å². The van der Waals surface area contributed by atoms with E-state index in [1.165, 1.54) is 12.1 Å². The number of carbonyl (C=O) groups excluding carboxylic acids is 1. The number of aryl methyl sites for hydroxylation is 1. The molecule has 1 N–H and O–H groups in total. The summed E-state index contributed by atoms with van der Waals surface area (Å²) in [7, 11) is -2.13. The Bertz CT molecular complexity index is 1120. The van der Waals surface area contributed by atoms with Gasteiger partial charge in [-0.25, -0.2) is 8.42 Å². The lowest BCUT2D eigenvalue weighted by Gasteiger charge is -2.14. The third-order valence-electron chi connectivity index (χ3n) is 4.72. The molecule has 7 heteroatoms. The van der Waals surface area contributed by atoms with E-state index in [-0.39, 0.29) is 4.90 Å². The average molecular weight is 413 g/mol. The zero-order valence-corrected chi connectivity index (χ0v) is 17.3. The van der Waals surface area contributed by atoms with Crippen LogP contribution >= 0.6 is 0 Å². The van der Waals surface area contributed by atoms with Crippen molar-refractivity contribution in [2.24, 2.45) is 0 Å². The van der Waals surface area contributed by atoms with E-state index in [0.29, 0.717) is 0 Å². The maximum Gasteiger partial charge on any atom is 0.314 e. The van der Waals surface area contributed by atoms with Crippen molar-refractivity contribution in [3.05, 3.63) is 71.8 Å². The highest BCUT2D eigenvalue weighted by Crippen LogP contribution is 2.25. The van der Waals surface area contributed by atoms with E-state index in [2.05, 4.69) is 4.72 Å². The minimum absolute atomic E-state index is 0.122. The number of rotatable bonds is 7. The van der Waals surface area contributed by atoms with Crippen LogP contribution in [0.4, 0.5) is 0 Å². The molecule has 0 aromatic heterocycles. The zero-order chi connectivity index (χ0) is 21.0. The summed E-state index contributed by atoms with van der Waals surface area (Å²) in [6.45, 7) is 3.17. The molecule has 0 saturated carbocycles. The highest BCUT2D eigenvalue weighted by Gasteiger charge is 2.19. The number of fused-ring (bicyclic) bond motifs is 1. The van der Waals surface area contributed by atoms with Crippen LogP contribution in [0.1, 0.15) is 24.0 Å². The fourth-order valence-electron chi connectivity index (χ4n) is 2.88. The lowest BCUT2D eigenvalue weighted by molar-refractivity contribution is -0.145. The van der Waals surface area contributed by atoms with Crippen LogP contribution in [0, 0.1) is 6.92 Å². The summed E-state index contributed by atoms with van der Waals surface area (Å²) in [5, 5.41) is 1.97. The number of hydrogen-bond acceptors (Lipinski definition) is 5. The molecule has 1 atom stereocenters. The first kappa shape index (κ1) is 20.8. The first-order chi connectivity index (χ1) is 13.8. The van der Waals surface area contributed by atoms with Crippen LogP contribution in [0.15, 0.2) is 65.6 Å². The van der Waals surface area contributed by atoms with E-state index < -0.39 is 28.6 Å². The van der Waals surface area contributed by atoms with Crippen molar-refractivity contribution in [2.75, 3.05) is 13.8 Å². The summed E-state index contributed by atoms with van der Waals surface area (Å²) >= 11 is 0. The Morgan fingerprint density at radius 2 is 1.66 bits per heavy atom. The van der Waals surface area contributed by atoms with Gasteiger partial charge in [0.2, 0.25) is 10.0 Å². The largest absolute Gasteiger partial charge is 0.497 e. The molecular formula is C22H23NO5S. The van der Waals surface area contributed by atoms with Gasteiger partial charge in [-0.15, -0.1) is 0 Å². The van der Waals surface area contributed by atoms with Gasteiger partial charge in [0.05, 0.1) is 17.9 Å². The van der Waals surface area contributed by atoms with Crippen LogP contribution in [-0.4, -0.2) is 28.2 Å². The monoisotopic (exact) mass is 413 g/mol. The Balaban J connectivity index is 1.63. The Hall–Kier alpha value is -2.90. The first-order valence-electron chi connectivity index (χ1n) is 9.11. The van der Waals surface area contributed by atoms with Crippen molar-refractivity contribution in [1.82, 2.24) is 4.72 Å². The third kappa shape index (κ3) is 4.93. The van der Waals surface area contributed by atoms with Crippen molar-refractivity contribution in [1.29, 1.82) is 0 Å². The highest BCUT2D eigenvalue weighted by atomic mass is 32.2. The second-order valence-electron chi connectivity index (χ2n) is 6.76. The molecule has 3 aromatic carbocycles. The fraction of sp³-hybridized carbons (Fsp3) is 0.227. The van der Waals surface area contributed by atoms with Gasteiger partial charge in [-0.3, -0.25) is 4.79 Å². The number of methoxy groups -OCH3 is 1. The van der Waals surface area contributed by atoms with Gasteiger partial charge in [0, 0.05) is 0 Å². The quantitative estimate of drug-likeness (QED) is 0.471. The summed E-state index contributed by atoms with van der Waals surface area (Å²) in [6.07, 6.45) is 0. The van der Waals surface area contributed by atoms with Crippen molar-refractivity contribution >= 4 is 26.8 Å². The molecule has 29 heavy (non-hydrogen) atoms. The molecule has 0 bridgehead atoms. The Morgan fingerprint density at radius 1 is 1.00 bits per heavy atom. The van der Waals surface area contributed by atoms with E-state index in [0.717, 1.165) is 27.6 Å². The topological polar surface area (TPSA) is 81.7 Å². The fourth-order valence-corrected chi connectivity index (χ4v) is 3.75. The Morgan fingerprint density at radius 3 is 2.34 bits per heavy atom. The van der Waals surface area contributed by atoms with Crippen LogP contribution in [0.3, 0.4) is 0 Å². The molecule has 0 spiro atoms. The molecule has 0 aliphatic rings. The molecule has 0 amide bonds. The zero-order valence-electron chi connectivity index (χ0n) is 16.5. The van der Waals surface area contributed by atoms with Crippen LogP contribution < -0.4 is 9.46 Å². The van der Waals surface area contributed by atoms with E-state index in [4.69, 9.17) is 9.47 Å². The molecular weight excluding hydrogens is 390 g/mol. The van der Waals surface area contributed by atoms with E-state index in [1.807, 2.05) is 43.3 Å². The number of carbonyl (C=O) groups is 1. The highest BCUT2D eigenvalue weighted by molar-refractivity contribution is 7.89. The smallest absolute Gasteiger partial charge is 0.314 e. The Labute approximate surface area is 170 Å². The van der Waals surface area contributed by atoms with Crippen molar-refractivity contribution in [2.45, 2.75) is 24.7 Å². The molecule has 0 radical (unpaired) electrons. The lowest BCUT2D eigenvalue weighted by Crippen LogP contribution is -2.29. The minimum Gasteiger partial charge on any atom is -0.497 e. The van der Waals surface area contributed by atoms with E-state index >= 15 is 0 Å². The summed E-state index contributed by atoms with van der Waals surface area (Å²) in [5.41, 5.74) is 1.74. The van der Waals surface area contributed by atoms with Crippen LogP contribution in [0.25, 0.3) is 10.8 Å². The van der Waals surface area contributed by atoms with Gasteiger partial charge in [0.1, 0.15) is 5.75 Å². The third-order valence-corrected chi connectivity index (χ3v) is 6.11. The van der Waals surface area contributed by atoms with Crippen LogP contribution in [0.5, 0.6) is 5.75 Å². The minimum atomic E-state index is -3.74. The van der Waals surface area contributed by atoms with Gasteiger partial charge in [-0.2, -0.15) is 4.72 Å². The van der Waals surface area contributed by atoms with Gasteiger partial charge >= 0.3 is 5.97 Å². The standard InChI is InChI=1S/C22H23NO5S/c1-15-4-10-21(11-5-15)29(25,26)23-14-28-22(24)16(2)17-6-7-19-13-20(27-3)9-8-18(19)12-17/h4-13,16,23H,14H2,1-3H3. The van der Waals surface area contributed by atoms with E-state index in [1.54, 1.807) is 26.2 Å². The SMILES string of the molecule is COc1ccc2cc(C(C)C(=O)OCNS(=O)(=O)c3ccc(C)cc3)ccc2c1. The van der Waals surface area contributed by atoms with Gasteiger partial charge in [0.25, 0.3) is 0 Å². The van der Waals surface area contributed by atoms with E-state index in [9.17, 15) is 13.2 Å². The molecule has 0 aliphatic carbocycles. The summed E-state index contributed by atoms with van der Waals surface area (Å²) in [4.78, 5) is 12.5. The second-order valence-corrected chi connectivity index (χ2v) is 8.53. The molecule has 152 valence electrons. The molecule has 1 unspecified atom stereocenters. The first-order valence-corrected chi connectivity index (χ1v) is 10.6. The lowest BCUT2D eigenvalue weighted by atomic mass is 9.98. The number of benzene rings is 3. The molecule has 0 saturated heterocycles. The molecule has 6 nitrogen and oxygen atoms in total. The van der Waals surface area contributed by atoms with Crippen molar-refractivity contribution in [3.63, 3.8) is 0 Å². The molecule has 0 aliphatic heterocycles.